The fourth-order valence-corrected chi connectivity index (χ4v) is 3.56. The first-order valence-electron chi connectivity index (χ1n) is 9.09. The summed E-state index contributed by atoms with van der Waals surface area (Å²) in [6, 6.07) is 17.5. The Morgan fingerprint density at radius 1 is 1.04 bits per heavy atom. The van der Waals surface area contributed by atoms with E-state index in [0.29, 0.717) is 44.1 Å². The minimum absolute atomic E-state index is 0.137. The Morgan fingerprint density at radius 3 is 2.52 bits per heavy atom. The van der Waals surface area contributed by atoms with Gasteiger partial charge in [-0.05, 0) is 23.3 Å². The number of carbonyl (C=O) groups excluding carboxylic acids is 1. The first-order valence-corrected chi connectivity index (χ1v) is 9.09. The van der Waals surface area contributed by atoms with Gasteiger partial charge >= 0.3 is 0 Å². The Labute approximate surface area is 158 Å². The van der Waals surface area contributed by atoms with E-state index in [1.807, 2.05) is 53.4 Å². The van der Waals surface area contributed by atoms with E-state index in [-0.39, 0.29) is 18.7 Å². The summed E-state index contributed by atoms with van der Waals surface area (Å²) >= 11 is 0. The molecule has 4 rings (SSSR count). The minimum Gasteiger partial charge on any atom is -0.454 e. The van der Waals surface area contributed by atoms with Crippen LogP contribution in [0.2, 0.25) is 0 Å². The number of rotatable bonds is 4. The van der Waals surface area contributed by atoms with Crippen molar-refractivity contribution in [2.24, 2.45) is 0 Å². The van der Waals surface area contributed by atoms with Crippen LogP contribution in [0.1, 0.15) is 17.2 Å². The quantitative estimate of drug-likeness (QED) is 0.834. The number of piperazine rings is 1. The van der Waals surface area contributed by atoms with Crippen molar-refractivity contribution in [3.63, 3.8) is 0 Å². The van der Waals surface area contributed by atoms with Gasteiger partial charge in [-0.25, -0.2) is 0 Å². The summed E-state index contributed by atoms with van der Waals surface area (Å²) in [5, 5.41) is 9.71. The lowest BCUT2D eigenvalue weighted by Crippen LogP contribution is -2.49. The van der Waals surface area contributed by atoms with Gasteiger partial charge in [0.25, 0.3) is 0 Å². The van der Waals surface area contributed by atoms with Gasteiger partial charge in [-0.15, -0.1) is 0 Å². The van der Waals surface area contributed by atoms with Gasteiger partial charge in [0.1, 0.15) is 6.04 Å². The molecule has 6 heteroatoms. The van der Waals surface area contributed by atoms with E-state index in [1.165, 1.54) is 0 Å². The molecule has 6 nitrogen and oxygen atoms in total. The summed E-state index contributed by atoms with van der Waals surface area (Å²) < 4.78 is 10.8. The molecule has 138 valence electrons. The Morgan fingerprint density at radius 2 is 1.78 bits per heavy atom. The van der Waals surface area contributed by atoms with Crippen molar-refractivity contribution < 1.29 is 14.3 Å². The molecule has 2 aromatic rings. The SMILES string of the molecule is N#CC(c1ccc2c(c1)OCO2)N1CCN(C(=O)Cc2ccccc2)CC1. The number of hydrogen-bond acceptors (Lipinski definition) is 5. The smallest absolute Gasteiger partial charge is 0.231 e. The molecule has 1 amide bonds. The number of fused-ring (bicyclic) bond motifs is 1. The molecule has 1 unspecified atom stereocenters. The van der Waals surface area contributed by atoms with Crippen LogP contribution >= 0.6 is 0 Å². The lowest BCUT2D eigenvalue weighted by molar-refractivity contribution is -0.132. The van der Waals surface area contributed by atoms with Gasteiger partial charge in [0.2, 0.25) is 12.7 Å². The Balaban J connectivity index is 1.38. The number of carbonyl (C=O) groups is 1. The summed E-state index contributed by atoms with van der Waals surface area (Å²) in [5.41, 5.74) is 1.92. The van der Waals surface area contributed by atoms with Crippen LogP contribution in [0, 0.1) is 11.3 Å². The molecule has 0 bridgehead atoms. The van der Waals surface area contributed by atoms with Crippen molar-refractivity contribution in [2.75, 3.05) is 33.0 Å². The van der Waals surface area contributed by atoms with Crippen LogP contribution in [0.15, 0.2) is 48.5 Å². The minimum atomic E-state index is -0.356. The Kier molecular flexibility index (Phi) is 4.95. The summed E-state index contributed by atoms with van der Waals surface area (Å²) in [6.45, 7) is 2.83. The van der Waals surface area contributed by atoms with E-state index in [9.17, 15) is 10.1 Å². The van der Waals surface area contributed by atoms with Crippen LogP contribution in [0.4, 0.5) is 0 Å². The predicted molar refractivity (Wildman–Crippen MR) is 99.2 cm³/mol. The molecule has 0 saturated carbocycles. The molecule has 2 heterocycles. The number of nitriles is 1. The zero-order chi connectivity index (χ0) is 18.6. The molecule has 0 aliphatic carbocycles. The summed E-state index contributed by atoms with van der Waals surface area (Å²) in [4.78, 5) is 16.5. The molecule has 27 heavy (non-hydrogen) atoms. The molecule has 0 radical (unpaired) electrons. The highest BCUT2D eigenvalue weighted by Gasteiger charge is 2.28. The molecule has 1 saturated heterocycles. The van der Waals surface area contributed by atoms with Crippen molar-refractivity contribution >= 4 is 5.91 Å². The maximum Gasteiger partial charge on any atom is 0.231 e. The van der Waals surface area contributed by atoms with E-state index >= 15 is 0 Å². The van der Waals surface area contributed by atoms with E-state index in [1.54, 1.807) is 0 Å². The third-order valence-electron chi connectivity index (χ3n) is 5.06. The zero-order valence-electron chi connectivity index (χ0n) is 15.0. The number of benzene rings is 2. The maximum atomic E-state index is 12.5. The summed E-state index contributed by atoms with van der Waals surface area (Å²) in [5.74, 6) is 1.54. The second-order valence-corrected chi connectivity index (χ2v) is 6.72. The molecule has 1 fully saturated rings. The third-order valence-corrected chi connectivity index (χ3v) is 5.06. The van der Waals surface area contributed by atoms with Crippen molar-refractivity contribution in [2.45, 2.75) is 12.5 Å². The van der Waals surface area contributed by atoms with Crippen molar-refractivity contribution in [1.29, 1.82) is 5.26 Å². The fourth-order valence-electron chi connectivity index (χ4n) is 3.56. The van der Waals surface area contributed by atoms with Crippen LogP contribution in [0.3, 0.4) is 0 Å². The van der Waals surface area contributed by atoms with Gasteiger partial charge < -0.3 is 14.4 Å². The van der Waals surface area contributed by atoms with Gasteiger partial charge in [0, 0.05) is 26.2 Å². The topological polar surface area (TPSA) is 65.8 Å². The summed E-state index contributed by atoms with van der Waals surface area (Å²) in [7, 11) is 0. The fraction of sp³-hybridized carbons (Fsp3) is 0.333. The van der Waals surface area contributed by atoms with Gasteiger partial charge in [-0.3, -0.25) is 9.69 Å². The average Bonchev–Trinajstić information content (AvgIpc) is 3.18. The Bertz CT molecular complexity index is 855. The van der Waals surface area contributed by atoms with Gasteiger partial charge in [-0.2, -0.15) is 5.26 Å². The molecule has 0 spiro atoms. The van der Waals surface area contributed by atoms with E-state index in [4.69, 9.17) is 9.47 Å². The summed E-state index contributed by atoms with van der Waals surface area (Å²) in [6.07, 6.45) is 0.421. The Hall–Kier alpha value is -3.04. The lowest BCUT2D eigenvalue weighted by atomic mass is 10.0. The number of amides is 1. The van der Waals surface area contributed by atoms with Gasteiger partial charge in [0.05, 0.1) is 12.5 Å². The first kappa shape index (κ1) is 17.4. The molecular weight excluding hydrogens is 342 g/mol. The normalized spacial score (nSPS) is 17.4. The van der Waals surface area contributed by atoms with Crippen molar-refractivity contribution in [1.82, 2.24) is 9.80 Å². The standard InChI is InChI=1S/C21H21N3O3/c22-14-18(17-6-7-19-20(13-17)27-15-26-19)23-8-10-24(11-9-23)21(25)12-16-4-2-1-3-5-16/h1-7,13,18H,8-12,15H2. The van der Waals surface area contributed by atoms with Crippen LogP contribution in [-0.2, 0) is 11.2 Å². The second-order valence-electron chi connectivity index (χ2n) is 6.72. The maximum absolute atomic E-state index is 12.5. The monoisotopic (exact) mass is 363 g/mol. The van der Waals surface area contributed by atoms with Gasteiger partial charge in [0.15, 0.2) is 11.5 Å². The van der Waals surface area contributed by atoms with E-state index < -0.39 is 0 Å². The number of hydrogen-bond donors (Lipinski definition) is 0. The first-order chi connectivity index (χ1) is 13.2. The largest absolute Gasteiger partial charge is 0.454 e. The molecule has 2 aromatic carbocycles. The number of ether oxygens (including phenoxy) is 2. The molecule has 1 atom stereocenters. The highest BCUT2D eigenvalue weighted by Crippen LogP contribution is 2.35. The van der Waals surface area contributed by atoms with Gasteiger partial charge in [-0.1, -0.05) is 36.4 Å². The number of nitrogens with zero attached hydrogens (tertiary/aromatic N) is 3. The van der Waals surface area contributed by atoms with Crippen molar-refractivity contribution in [3.8, 4) is 17.6 Å². The van der Waals surface area contributed by atoms with Crippen LogP contribution in [-0.4, -0.2) is 48.7 Å². The molecule has 2 aliphatic rings. The molecule has 0 aromatic heterocycles. The lowest BCUT2D eigenvalue weighted by Gasteiger charge is -2.37. The van der Waals surface area contributed by atoms with E-state index in [0.717, 1.165) is 11.1 Å². The van der Waals surface area contributed by atoms with E-state index in [2.05, 4.69) is 11.0 Å². The van der Waals surface area contributed by atoms with Crippen LogP contribution < -0.4 is 9.47 Å². The zero-order valence-corrected chi connectivity index (χ0v) is 15.0. The molecule has 2 aliphatic heterocycles. The highest BCUT2D eigenvalue weighted by molar-refractivity contribution is 5.78. The average molecular weight is 363 g/mol. The second kappa shape index (κ2) is 7.68. The highest BCUT2D eigenvalue weighted by atomic mass is 16.7. The third kappa shape index (κ3) is 3.74. The molecular formula is C21H21N3O3. The molecule has 0 N–H and O–H groups in total. The predicted octanol–water partition coefficient (Wildman–Crippen LogP) is 2.37. The van der Waals surface area contributed by atoms with Crippen LogP contribution in [0.5, 0.6) is 11.5 Å². The van der Waals surface area contributed by atoms with Crippen LogP contribution in [0.25, 0.3) is 0 Å². The van der Waals surface area contributed by atoms with Crippen molar-refractivity contribution in [3.05, 3.63) is 59.7 Å².